The number of halogens is 2. The van der Waals surface area contributed by atoms with E-state index in [0.717, 1.165) is 21.7 Å². The summed E-state index contributed by atoms with van der Waals surface area (Å²) in [4.78, 5) is 27.9. The van der Waals surface area contributed by atoms with Gasteiger partial charge in [0.2, 0.25) is 21.8 Å². The summed E-state index contributed by atoms with van der Waals surface area (Å²) >= 11 is 12.1. The Kier molecular flexibility index (Phi) is 9.79. The molecule has 2 amide bonds. The molecule has 0 saturated carbocycles. The Morgan fingerprint density at radius 1 is 1.03 bits per heavy atom. The number of amides is 2. The van der Waals surface area contributed by atoms with Crippen LogP contribution in [0.25, 0.3) is 0 Å². The van der Waals surface area contributed by atoms with Crippen LogP contribution in [0.5, 0.6) is 0 Å². The first kappa shape index (κ1) is 28.0. The minimum absolute atomic E-state index is 0.110. The van der Waals surface area contributed by atoms with Crippen LogP contribution in [-0.2, 0) is 26.2 Å². The topological polar surface area (TPSA) is 86.8 Å². The van der Waals surface area contributed by atoms with Crippen LogP contribution in [0.4, 0.5) is 5.69 Å². The van der Waals surface area contributed by atoms with Gasteiger partial charge >= 0.3 is 0 Å². The van der Waals surface area contributed by atoms with Crippen molar-refractivity contribution >= 4 is 50.7 Å². The second kappa shape index (κ2) is 11.9. The average molecular weight is 529 g/mol. The summed E-state index contributed by atoms with van der Waals surface area (Å²) in [5, 5.41) is 3.29. The molecule has 2 aromatic rings. The molecule has 0 radical (unpaired) electrons. The largest absolute Gasteiger partial charge is 0.352 e. The fraction of sp³-hybridized carbons (Fsp3) is 0.417. The second-order valence-electron chi connectivity index (χ2n) is 8.46. The Balaban J connectivity index is 2.45. The molecule has 0 aliphatic carbocycles. The number of anilines is 1. The molecule has 2 rings (SSSR count). The highest BCUT2D eigenvalue weighted by Gasteiger charge is 2.32. The number of carbonyl (C=O) groups is 2. The Labute approximate surface area is 212 Å². The zero-order valence-corrected chi connectivity index (χ0v) is 22.3. The van der Waals surface area contributed by atoms with Gasteiger partial charge in [0.1, 0.15) is 12.6 Å². The van der Waals surface area contributed by atoms with Crippen molar-refractivity contribution in [1.29, 1.82) is 0 Å². The SMILES string of the molecule is CCC(C(=O)NC(C)C)N(Cc1ccc(C)cc1)C(=O)CN(c1ccc(Cl)c(Cl)c1)S(C)(=O)=O. The highest BCUT2D eigenvalue weighted by atomic mass is 35.5. The fourth-order valence-electron chi connectivity index (χ4n) is 3.44. The van der Waals surface area contributed by atoms with Crippen LogP contribution >= 0.6 is 23.2 Å². The summed E-state index contributed by atoms with van der Waals surface area (Å²) < 4.78 is 26.2. The van der Waals surface area contributed by atoms with Crippen molar-refractivity contribution in [2.75, 3.05) is 17.1 Å². The quantitative estimate of drug-likeness (QED) is 0.495. The van der Waals surface area contributed by atoms with Gasteiger partial charge in [-0.3, -0.25) is 13.9 Å². The molecule has 7 nitrogen and oxygen atoms in total. The molecule has 1 unspecified atom stereocenters. The smallest absolute Gasteiger partial charge is 0.244 e. The Hall–Kier alpha value is -2.29. The Morgan fingerprint density at radius 2 is 1.65 bits per heavy atom. The van der Waals surface area contributed by atoms with Crippen LogP contribution in [0, 0.1) is 6.92 Å². The lowest BCUT2D eigenvalue weighted by molar-refractivity contribution is -0.140. The maximum Gasteiger partial charge on any atom is 0.244 e. The number of hydrogen-bond donors (Lipinski definition) is 1. The number of sulfonamides is 1. The minimum atomic E-state index is -3.84. The van der Waals surface area contributed by atoms with Gasteiger partial charge in [-0.2, -0.15) is 0 Å². The van der Waals surface area contributed by atoms with Crippen LogP contribution in [0.15, 0.2) is 42.5 Å². The molecule has 0 fully saturated rings. The number of hydrogen-bond acceptors (Lipinski definition) is 4. The van der Waals surface area contributed by atoms with Crippen molar-refractivity contribution in [1.82, 2.24) is 10.2 Å². The third kappa shape index (κ3) is 7.61. The molecule has 0 aromatic heterocycles. The van der Waals surface area contributed by atoms with Gasteiger partial charge in [-0.05, 0) is 51.0 Å². The number of nitrogens with one attached hydrogen (secondary N) is 1. The summed E-state index contributed by atoms with van der Waals surface area (Å²) in [7, 11) is -3.84. The third-order valence-electron chi connectivity index (χ3n) is 5.16. The van der Waals surface area contributed by atoms with Crippen LogP contribution in [0.2, 0.25) is 10.0 Å². The van der Waals surface area contributed by atoms with Gasteiger partial charge in [-0.25, -0.2) is 8.42 Å². The molecule has 0 aliphatic heterocycles. The van der Waals surface area contributed by atoms with Crippen molar-refractivity contribution < 1.29 is 18.0 Å². The molecule has 1 N–H and O–H groups in total. The lowest BCUT2D eigenvalue weighted by Gasteiger charge is -2.33. The van der Waals surface area contributed by atoms with Crippen LogP contribution in [-0.4, -0.2) is 50.0 Å². The van der Waals surface area contributed by atoms with Gasteiger partial charge in [-0.1, -0.05) is 60.0 Å². The van der Waals surface area contributed by atoms with E-state index in [4.69, 9.17) is 23.2 Å². The molecule has 1 atom stereocenters. The van der Waals surface area contributed by atoms with Crippen LogP contribution < -0.4 is 9.62 Å². The Morgan fingerprint density at radius 3 is 2.15 bits per heavy atom. The van der Waals surface area contributed by atoms with Crippen LogP contribution in [0.3, 0.4) is 0 Å². The number of carbonyl (C=O) groups excluding carboxylic acids is 2. The average Bonchev–Trinajstić information content (AvgIpc) is 2.74. The van der Waals surface area contributed by atoms with Crippen molar-refractivity contribution in [3.63, 3.8) is 0 Å². The van der Waals surface area contributed by atoms with E-state index in [9.17, 15) is 18.0 Å². The molecule has 2 aromatic carbocycles. The van der Waals surface area contributed by atoms with Crippen molar-refractivity contribution in [3.8, 4) is 0 Å². The molecule has 0 bridgehead atoms. The fourth-order valence-corrected chi connectivity index (χ4v) is 4.58. The summed E-state index contributed by atoms with van der Waals surface area (Å²) in [5.41, 5.74) is 2.10. The lowest BCUT2D eigenvalue weighted by Crippen LogP contribution is -2.53. The summed E-state index contributed by atoms with van der Waals surface area (Å²) in [6.07, 6.45) is 1.37. The van der Waals surface area contributed by atoms with E-state index in [1.54, 1.807) is 0 Å². The minimum Gasteiger partial charge on any atom is -0.352 e. The van der Waals surface area contributed by atoms with Crippen LogP contribution in [0.1, 0.15) is 38.3 Å². The molecule has 10 heteroatoms. The van der Waals surface area contributed by atoms with E-state index in [2.05, 4.69) is 5.32 Å². The predicted octanol–water partition coefficient (Wildman–Crippen LogP) is 4.40. The first-order valence-electron chi connectivity index (χ1n) is 10.9. The van der Waals surface area contributed by atoms with E-state index < -0.39 is 28.5 Å². The first-order chi connectivity index (χ1) is 15.8. The zero-order chi connectivity index (χ0) is 25.6. The molecule has 0 spiro atoms. The number of benzene rings is 2. The van der Waals surface area contributed by atoms with E-state index in [1.165, 1.54) is 23.1 Å². The molecule has 186 valence electrons. The molecular formula is C24H31Cl2N3O4S. The van der Waals surface area contributed by atoms with Gasteiger partial charge in [-0.15, -0.1) is 0 Å². The molecule has 0 saturated heterocycles. The second-order valence-corrected chi connectivity index (χ2v) is 11.2. The normalized spacial score (nSPS) is 12.4. The molecular weight excluding hydrogens is 497 g/mol. The van der Waals surface area contributed by atoms with Crippen molar-refractivity contribution in [2.24, 2.45) is 0 Å². The highest BCUT2D eigenvalue weighted by molar-refractivity contribution is 7.92. The number of nitrogens with zero attached hydrogens (tertiary/aromatic N) is 2. The van der Waals surface area contributed by atoms with Gasteiger partial charge < -0.3 is 10.2 Å². The third-order valence-corrected chi connectivity index (χ3v) is 7.04. The lowest BCUT2D eigenvalue weighted by atomic mass is 10.1. The first-order valence-corrected chi connectivity index (χ1v) is 13.5. The van der Waals surface area contributed by atoms with Gasteiger partial charge in [0.05, 0.1) is 22.0 Å². The van der Waals surface area contributed by atoms with E-state index in [-0.39, 0.29) is 34.2 Å². The summed E-state index contributed by atoms with van der Waals surface area (Å²) in [5.74, 6) is -0.804. The van der Waals surface area contributed by atoms with Gasteiger partial charge in [0, 0.05) is 12.6 Å². The van der Waals surface area contributed by atoms with Gasteiger partial charge in [0.25, 0.3) is 0 Å². The standard InChI is InChI=1S/C24H31Cl2N3O4S/c1-6-22(24(31)27-16(2)3)28(14-18-9-7-17(4)8-10-18)23(30)15-29(34(5,32)33)19-11-12-20(25)21(26)13-19/h7-13,16,22H,6,14-15H2,1-5H3,(H,27,31). The highest BCUT2D eigenvalue weighted by Crippen LogP contribution is 2.28. The number of aryl methyl sites for hydroxylation is 1. The number of rotatable bonds is 10. The maximum absolute atomic E-state index is 13.6. The molecule has 0 heterocycles. The summed E-state index contributed by atoms with van der Waals surface area (Å²) in [6.45, 7) is 7.11. The predicted molar refractivity (Wildman–Crippen MR) is 138 cm³/mol. The molecule has 34 heavy (non-hydrogen) atoms. The van der Waals surface area contributed by atoms with Crippen molar-refractivity contribution in [3.05, 3.63) is 63.6 Å². The monoisotopic (exact) mass is 527 g/mol. The van der Waals surface area contributed by atoms with Crippen molar-refractivity contribution in [2.45, 2.75) is 52.7 Å². The summed E-state index contributed by atoms with van der Waals surface area (Å²) in [6, 6.07) is 11.1. The van der Waals surface area contributed by atoms with E-state index in [1.807, 2.05) is 52.0 Å². The Bertz CT molecular complexity index is 1120. The maximum atomic E-state index is 13.6. The molecule has 0 aliphatic rings. The zero-order valence-electron chi connectivity index (χ0n) is 20.0. The van der Waals surface area contributed by atoms with Gasteiger partial charge in [0.15, 0.2) is 0 Å². The van der Waals surface area contributed by atoms with E-state index >= 15 is 0 Å². The van der Waals surface area contributed by atoms with E-state index in [0.29, 0.717) is 6.42 Å².